The Kier molecular flexibility index (Phi) is 6.48. The van der Waals surface area contributed by atoms with E-state index in [-0.39, 0.29) is 23.3 Å². The van der Waals surface area contributed by atoms with E-state index in [4.69, 9.17) is 0 Å². The lowest BCUT2D eigenvalue weighted by molar-refractivity contribution is -0.138. The van der Waals surface area contributed by atoms with Gasteiger partial charge in [-0.25, -0.2) is 8.78 Å². The maximum Gasteiger partial charge on any atom is 0.256 e. The summed E-state index contributed by atoms with van der Waals surface area (Å²) >= 11 is 0. The third-order valence-corrected chi connectivity index (χ3v) is 6.19. The summed E-state index contributed by atoms with van der Waals surface area (Å²) in [6.07, 6.45) is 0.993. The number of nitrogens with zero attached hydrogens (tertiary/aromatic N) is 3. The summed E-state index contributed by atoms with van der Waals surface area (Å²) in [7, 11) is 0. The predicted molar refractivity (Wildman–Crippen MR) is 114 cm³/mol. The quantitative estimate of drug-likeness (QED) is 0.736. The fourth-order valence-corrected chi connectivity index (χ4v) is 4.31. The fraction of sp³-hybridized carbons (Fsp3) is 0.375. The van der Waals surface area contributed by atoms with Crippen molar-refractivity contribution in [1.82, 2.24) is 14.7 Å². The number of amides is 3. The van der Waals surface area contributed by atoms with Gasteiger partial charge in [0.05, 0.1) is 5.56 Å². The Balaban J connectivity index is 1.28. The first kappa shape index (κ1) is 21.9. The van der Waals surface area contributed by atoms with Crippen LogP contribution in [0.4, 0.5) is 8.78 Å². The maximum atomic E-state index is 13.9. The van der Waals surface area contributed by atoms with Gasteiger partial charge >= 0.3 is 0 Å². The second-order valence-corrected chi connectivity index (χ2v) is 8.17. The molecule has 2 aromatic carbocycles. The molecule has 8 heteroatoms. The van der Waals surface area contributed by atoms with Crippen LogP contribution in [-0.4, -0.2) is 71.7 Å². The summed E-state index contributed by atoms with van der Waals surface area (Å²) in [6, 6.07) is 12.0. The molecular formula is C24H25F2N3O3. The number of hydrogen-bond donors (Lipinski definition) is 0. The van der Waals surface area contributed by atoms with Crippen LogP contribution in [-0.2, 0) is 4.79 Å². The zero-order valence-electron chi connectivity index (χ0n) is 17.7. The Morgan fingerprint density at radius 2 is 1.31 bits per heavy atom. The number of likely N-dealkylation sites (tertiary alicyclic amines) is 1. The Morgan fingerprint density at radius 3 is 1.94 bits per heavy atom. The number of hydrogen-bond acceptors (Lipinski definition) is 3. The summed E-state index contributed by atoms with van der Waals surface area (Å²) in [4.78, 5) is 43.1. The summed E-state index contributed by atoms with van der Waals surface area (Å²) in [5, 5.41) is 0. The van der Waals surface area contributed by atoms with Crippen molar-refractivity contribution in [2.75, 3.05) is 39.3 Å². The van der Waals surface area contributed by atoms with E-state index >= 15 is 0 Å². The average molecular weight is 441 g/mol. The molecule has 6 nitrogen and oxygen atoms in total. The number of carbonyl (C=O) groups excluding carboxylic acids is 3. The highest BCUT2D eigenvalue weighted by Gasteiger charge is 2.33. The monoisotopic (exact) mass is 441 g/mol. The molecule has 0 saturated carbocycles. The number of piperidine rings is 1. The minimum absolute atomic E-state index is 0.0301. The van der Waals surface area contributed by atoms with Crippen LogP contribution in [0.15, 0.2) is 48.5 Å². The Morgan fingerprint density at radius 1 is 0.719 bits per heavy atom. The van der Waals surface area contributed by atoms with E-state index in [1.165, 1.54) is 4.90 Å². The van der Waals surface area contributed by atoms with Crippen molar-refractivity contribution in [2.24, 2.45) is 5.92 Å². The molecule has 2 heterocycles. The summed E-state index contributed by atoms with van der Waals surface area (Å²) in [5.41, 5.74) is 0.484. The van der Waals surface area contributed by atoms with Crippen LogP contribution in [0.25, 0.3) is 0 Å². The third kappa shape index (κ3) is 4.64. The highest BCUT2D eigenvalue weighted by Crippen LogP contribution is 2.23. The maximum absolute atomic E-state index is 13.9. The van der Waals surface area contributed by atoms with Crippen LogP contribution in [0.2, 0.25) is 0 Å². The Hall–Kier alpha value is -3.29. The lowest BCUT2D eigenvalue weighted by atomic mass is 9.94. The lowest BCUT2D eigenvalue weighted by Crippen LogP contribution is -2.53. The summed E-state index contributed by atoms with van der Waals surface area (Å²) < 4.78 is 27.0. The molecule has 2 fully saturated rings. The molecule has 0 unspecified atom stereocenters. The van der Waals surface area contributed by atoms with Gasteiger partial charge in [-0.2, -0.15) is 0 Å². The molecule has 0 radical (unpaired) electrons. The largest absolute Gasteiger partial charge is 0.339 e. The van der Waals surface area contributed by atoms with E-state index in [1.54, 1.807) is 21.9 Å². The molecule has 0 N–H and O–H groups in total. The molecule has 0 spiro atoms. The van der Waals surface area contributed by atoms with E-state index in [1.807, 2.05) is 18.2 Å². The number of piperazine rings is 1. The van der Waals surface area contributed by atoms with E-state index in [0.717, 1.165) is 12.1 Å². The SMILES string of the molecule is O=C(c1ccccc1)N1CCN(C(=O)C2CCN(C(=O)c3ccc(F)cc3F)CC2)CC1. The molecular weight excluding hydrogens is 416 g/mol. The van der Waals surface area contributed by atoms with Crippen molar-refractivity contribution >= 4 is 17.7 Å². The normalized spacial score (nSPS) is 17.4. The zero-order chi connectivity index (χ0) is 22.7. The molecule has 0 aliphatic carbocycles. The summed E-state index contributed by atoms with van der Waals surface area (Å²) in [5.74, 6) is -2.28. The zero-order valence-corrected chi connectivity index (χ0v) is 17.7. The van der Waals surface area contributed by atoms with Gasteiger partial charge in [-0.15, -0.1) is 0 Å². The van der Waals surface area contributed by atoms with Crippen LogP contribution in [0.5, 0.6) is 0 Å². The van der Waals surface area contributed by atoms with Gasteiger partial charge in [-0.3, -0.25) is 14.4 Å². The summed E-state index contributed by atoms with van der Waals surface area (Å²) in [6.45, 7) is 2.63. The first-order chi connectivity index (χ1) is 15.4. The van der Waals surface area contributed by atoms with Gasteiger partial charge in [0, 0.05) is 56.8 Å². The molecule has 0 aromatic heterocycles. The molecule has 2 aliphatic heterocycles. The molecule has 0 atom stereocenters. The van der Waals surface area contributed by atoms with Crippen molar-refractivity contribution in [3.05, 3.63) is 71.3 Å². The van der Waals surface area contributed by atoms with Gasteiger partial charge in [0.1, 0.15) is 11.6 Å². The van der Waals surface area contributed by atoms with Crippen LogP contribution in [0.1, 0.15) is 33.6 Å². The van der Waals surface area contributed by atoms with E-state index < -0.39 is 17.5 Å². The van der Waals surface area contributed by atoms with Crippen LogP contribution >= 0.6 is 0 Å². The first-order valence-electron chi connectivity index (χ1n) is 10.8. The molecule has 0 bridgehead atoms. The fourth-order valence-electron chi connectivity index (χ4n) is 4.31. The van der Waals surface area contributed by atoms with Crippen LogP contribution in [0.3, 0.4) is 0 Å². The second kappa shape index (κ2) is 9.46. The van der Waals surface area contributed by atoms with Gasteiger partial charge < -0.3 is 14.7 Å². The minimum Gasteiger partial charge on any atom is -0.339 e. The van der Waals surface area contributed by atoms with E-state index in [0.29, 0.717) is 63.7 Å². The lowest BCUT2D eigenvalue weighted by Gasteiger charge is -2.38. The number of rotatable bonds is 3. The molecule has 168 valence electrons. The Labute approximate surface area is 185 Å². The smallest absolute Gasteiger partial charge is 0.256 e. The van der Waals surface area contributed by atoms with Crippen molar-refractivity contribution in [3.8, 4) is 0 Å². The van der Waals surface area contributed by atoms with Crippen LogP contribution < -0.4 is 0 Å². The predicted octanol–water partition coefficient (Wildman–Crippen LogP) is 2.80. The third-order valence-electron chi connectivity index (χ3n) is 6.19. The molecule has 2 saturated heterocycles. The topological polar surface area (TPSA) is 60.9 Å². The van der Waals surface area contributed by atoms with E-state index in [2.05, 4.69) is 0 Å². The van der Waals surface area contributed by atoms with Gasteiger partial charge in [-0.05, 0) is 37.1 Å². The number of halogens is 2. The van der Waals surface area contributed by atoms with Crippen molar-refractivity contribution in [2.45, 2.75) is 12.8 Å². The molecule has 3 amide bonds. The number of carbonyl (C=O) groups is 3. The van der Waals surface area contributed by atoms with Crippen molar-refractivity contribution in [1.29, 1.82) is 0 Å². The standard InChI is InChI=1S/C24H25F2N3O3/c25-19-6-7-20(21(26)16-19)24(32)27-10-8-18(9-11-27)23(31)29-14-12-28(13-15-29)22(30)17-4-2-1-3-5-17/h1-7,16,18H,8-15H2. The Bertz CT molecular complexity index is 999. The highest BCUT2D eigenvalue weighted by atomic mass is 19.1. The average Bonchev–Trinajstić information content (AvgIpc) is 2.83. The molecule has 32 heavy (non-hydrogen) atoms. The minimum atomic E-state index is -0.879. The van der Waals surface area contributed by atoms with Gasteiger partial charge in [0.25, 0.3) is 11.8 Å². The molecule has 2 aliphatic rings. The first-order valence-corrected chi connectivity index (χ1v) is 10.8. The highest BCUT2D eigenvalue weighted by molar-refractivity contribution is 5.95. The number of benzene rings is 2. The van der Waals surface area contributed by atoms with Gasteiger partial charge in [-0.1, -0.05) is 18.2 Å². The van der Waals surface area contributed by atoms with Crippen molar-refractivity contribution < 1.29 is 23.2 Å². The second-order valence-electron chi connectivity index (χ2n) is 8.17. The van der Waals surface area contributed by atoms with Gasteiger partial charge in [0.2, 0.25) is 5.91 Å². The molecule has 4 rings (SSSR count). The van der Waals surface area contributed by atoms with Gasteiger partial charge in [0.15, 0.2) is 0 Å². The van der Waals surface area contributed by atoms with Crippen LogP contribution in [0, 0.1) is 17.6 Å². The van der Waals surface area contributed by atoms with E-state index in [9.17, 15) is 23.2 Å². The van der Waals surface area contributed by atoms with Crippen molar-refractivity contribution in [3.63, 3.8) is 0 Å². The molecule has 2 aromatic rings.